The van der Waals surface area contributed by atoms with Gasteiger partial charge in [-0.25, -0.2) is 9.97 Å². The highest BCUT2D eigenvalue weighted by Crippen LogP contribution is 2.33. The Hall–Kier alpha value is -3.82. The molecule has 10 nitrogen and oxygen atoms in total. The molecule has 0 aliphatic rings. The van der Waals surface area contributed by atoms with Crippen LogP contribution in [0.3, 0.4) is 0 Å². The van der Waals surface area contributed by atoms with Crippen LogP contribution in [0.2, 0.25) is 0 Å². The zero-order valence-corrected chi connectivity index (χ0v) is 16.3. The predicted octanol–water partition coefficient (Wildman–Crippen LogP) is 2.14. The van der Waals surface area contributed by atoms with Crippen LogP contribution in [-0.4, -0.2) is 54.2 Å². The fraction of sp³-hybridized carbons (Fsp3) is 0.263. The summed E-state index contributed by atoms with van der Waals surface area (Å²) < 4.78 is 8.06. The van der Waals surface area contributed by atoms with E-state index in [0.29, 0.717) is 29.4 Å². The lowest BCUT2D eigenvalue weighted by Crippen LogP contribution is -2.11. The van der Waals surface area contributed by atoms with E-state index in [2.05, 4.69) is 36.7 Å². The first-order valence-corrected chi connectivity index (χ1v) is 9.21. The summed E-state index contributed by atoms with van der Waals surface area (Å²) >= 11 is 0. The molecule has 5 aromatic rings. The number of rotatable bonds is 5. The highest BCUT2D eigenvalue weighted by Gasteiger charge is 2.20. The van der Waals surface area contributed by atoms with E-state index in [-0.39, 0.29) is 0 Å². The Morgan fingerprint density at radius 3 is 2.76 bits per heavy atom. The lowest BCUT2D eigenvalue weighted by molar-refractivity contribution is 0.606. The Balaban J connectivity index is 1.63. The molecule has 1 N–H and O–H groups in total. The number of aromatic amines is 1. The van der Waals surface area contributed by atoms with Crippen LogP contribution in [0.25, 0.3) is 33.7 Å². The Labute approximate surface area is 165 Å². The van der Waals surface area contributed by atoms with Crippen LogP contribution in [0, 0.1) is 0 Å². The molecule has 0 atom stereocenters. The lowest BCUT2D eigenvalue weighted by Gasteiger charge is -2.11. The molecule has 0 radical (unpaired) electrons. The number of aromatic nitrogens is 8. The first-order valence-electron chi connectivity index (χ1n) is 9.21. The lowest BCUT2D eigenvalue weighted by atomic mass is 10.0. The van der Waals surface area contributed by atoms with E-state index < -0.39 is 0 Å². The highest BCUT2D eigenvalue weighted by molar-refractivity contribution is 6.03. The Bertz CT molecular complexity index is 1300. The minimum atomic E-state index is 0.493. The molecule has 0 fully saturated rings. The summed E-state index contributed by atoms with van der Waals surface area (Å²) in [6, 6.07) is 8.03. The van der Waals surface area contributed by atoms with E-state index in [9.17, 15) is 0 Å². The molecule has 10 heteroatoms. The monoisotopic (exact) mass is 389 g/mol. The van der Waals surface area contributed by atoms with Crippen molar-refractivity contribution in [3.05, 3.63) is 42.0 Å². The second-order valence-corrected chi connectivity index (χ2v) is 7.04. The number of nitrogens with zero attached hydrogens (tertiary/aromatic N) is 8. The molecule has 0 amide bonds. The summed E-state index contributed by atoms with van der Waals surface area (Å²) in [4.78, 5) is 15.9. The molecule has 4 aromatic heterocycles. The minimum Gasteiger partial charge on any atom is -0.418 e. The SMILES string of the molecule is CN(C)c1nc2oc(-c3ccccc3CCc3nn[nH]n3)nc2c2c1ncn2C. The first-order chi connectivity index (χ1) is 14.1. The minimum absolute atomic E-state index is 0.493. The van der Waals surface area contributed by atoms with Gasteiger partial charge < -0.3 is 13.9 Å². The van der Waals surface area contributed by atoms with Crippen LogP contribution in [-0.2, 0) is 19.9 Å². The zero-order valence-electron chi connectivity index (χ0n) is 16.3. The third-order valence-electron chi connectivity index (χ3n) is 4.87. The second kappa shape index (κ2) is 6.66. The van der Waals surface area contributed by atoms with Gasteiger partial charge in [0, 0.05) is 33.1 Å². The van der Waals surface area contributed by atoms with Crippen molar-refractivity contribution in [3.63, 3.8) is 0 Å². The zero-order chi connectivity index (χ0) is 20.0. The number of aryl methyl sites for hydroxylation is 3. The van der Waals surface area contributed by atoms with Crippen LogP contribution in [0.15, 0.2) is 35.0 Å². The third-order valence-corrected chi connectivity index (χ3v) is 4.87. The molecule has 0 saturated carbocycles. The normalized spacial score (nSPS) is 11.6. The molecular formula is C19H19N9O. The number of hydrogen-bond acceptors (Lipinski definition) is 8. The Morgan fingerprint density at radius 1 is 1.10 bits per heavy atom. The van der Waals surface area contributed by atoms with Gasteiger partial charge in [0.25, 0.3) is 5.71 Å². The average Bonchev–Trinajstić information content (AvgIpc) is 3.45. The van der Waals surface area contributed by atoms with Crippen molar-refractivity contribution in [1.29, 1.82) is 0 Å². The van der Waals surface area contributed by atoms with Gasteiger partial charge in [-0.1, -0.05) is 23.4 Å². The third kappa shape index (κ3) is 2.89. The van der Waals surface area contributed by atoms with Gasteiger partial charge in [0.05, 0.1) is 6.33 Å². The molecule has 1 aromatic carbocycles. The van der Waals surface area contributed by atoms with Crippen LogP contribution < -0.4 is 4.90 Å². The number of tetrazole rings is 1. The molecule has 0 aliphatic carbocycles. The molecule has 4 heterocycles. The topological polar surface area (TPSA) is 114 Å². The summed E-state index contributed by atoms with van der Waals surface area (Å²) in [5.74, 6) is 1.96. The van der Waals surface area contributed by atoms with Crippen molar-refractivity contribution in [1.82, 2.24) is 40.1 Å². The molecular weight excluding hydrogens is 370 g/mol. The predicted molar refractivity (Wildman–Crippen MR) is 107 cm³/mol. The maximum atomic E-state index is 6.12. The number of pyridine rings is 1. The molecule has 146 valence electrons. The van der Waals surface area contributed by atoms with E-state index in [0.717, 1.165) is 34.4 Å². The summed E-state index contributed by atoms with van der Waals surface area (Å²) in [5.41, 5.74) is 4.92. The highest BCUT2D eigenvalue weighted by atomic mass is 16.4. The van der Waals surface area contributed by atoms with E-state index in [1.54, 1.807) is 6.33 Å². The fourth-order valence-corrected chi connectivity index (χ4v) is 3.47. The van der Waals surface area contributed by atoms with Crippen molar-refractivity contribution >= 4 is 28.1 Å². The van der Waals surface area contributed by atoms with Crippen molar-refractivity contribution < 1.29 is 4.42 Å². The van der Waals surface area contributed by atoms with Gasteiger partial charge in [-0.05, 0) is 18.1 Å². The summed E-state index contributed by atoms with van der Waals surface area (Å²) in [7, 11) is 5.82. The van der Waals surface area contributed by atoms with Crippen LogP contribution in [0.5, 0.6) is 0 Å². The number of oxazole rings is 1. The number of imidazole rings is 1. The largest absolute Gasteiger partial charge is 0.418 e. The first kappa shape index (κ1) is 17.3. The van der Waals surface area contributed by atoms with Crippen molar-refractivity contribution in [2.75, 3.05) is 19.0 Å². The number of nitrogens with one attached hydrogen (secondary N) is 1. The Morgan fingerprint density at radius 2 is 1.97 bits per heavy atom. The number of H-pyrrole nitrogens is 1. The number of hydrogen-bond donors (Lipinski definition) is 1. The smallest absolute Gasteiger partial charge is 0.251 e. The molecule has 0 saturated heterocycles. The van der Waals surface area contributed by atoms with Gasteiger partial charge in [-0.15, -0.1) is 10.2 Å². The molecule has 5 rings (SSSR count). The van der Waals surface area contributed by atoms with E-state index >= 15 is 0 Å². The number of anilines is 1. The van der Waals surface area contributed by atoms with Gasteiger partial charge >= 0.3 is 0 Å². The van der Waals surface area contributed by atoms with Crippen LogP contribution in [0.4, 0.5) is 5.82 Å². The number of benzene rings is 1. The summed E-state index contributed by atoms with van der Waals surface area (Å²) in [6.07, 6.45) is 3.18. The Kier molecular flexibility index (Phi) is 3.97. The van der Waals surface area contributed by atoms with Crippen molar-refractivity contribution in [3.8, 4) is 11.5 Å². The van der Waals surface area contributed by atoms with Gasteiger partial charge in [0.2, 0.25) is 5.89 Å². The average molecular weight is 389 g/mol. The molecule has 0 bridgehead atoms. The quantitative estimate of drug-likeness (QED) is 0.486. The molecule has 29 heavy (non-hydrogen) atoms. The van der Waals surface area contributed by atoms with Crippen LogP contribution in [0.1, 0.15) is 11.4 Å². The van der Waals surface area contributed by atoms with E-state index in [4.69, 9.17) is 9.40 Å². The van der Waals surface area contributed by atoms with Gasteiger partial charge in [-0.3, -0.25) is 0 Å². The standard InChI is InChI=1S/C19H19N9O/c1-27(2)17-14-16(28(3)10-20-14)15-19(22-17)29-18(21-15)12-7-5-4-6-11(12)8-9-13-23-25-26-24-13/h4-7,10H,8-9H2,1-3H3,(H,23,24,25,26). The van der Waals surface area contributed by atoms with Crippen LogP contribution >= 0.6 is 0 Å². The van der Waals surface area contributed by atoms with Crippen molar-refractivity contribution in [2.45, 2.75) is 12.8 Å². The molecule has 0 unspecified atom stereocenters. The number of fused-ring (bicyclic) bond motifs is 3. The molecule has 0 spiro atoms. The fourth-order valence-electron chi connectivity index (χ4n) is 3.47. The summed E-state index contributed by atoms with van der Waals surface area (Å²) in [6.45, 7) is 0. The summed E-state index contributed by atoms with van der Waals surface area (Å²) in [5, 5.41) is 14.1. The van der Waals surface area contributed by atoms with Gasteiger partial charge in [0.15, 0.2) is 17.2 Å². The molecule has 0 aliphatic heterocycles. The van der Waals surface area contributed by atoms with Crippen molar-refractivity contribution in [2.24, 2.45) is 7.05 Å². The van der Waals surface area contributed by atoms with E-state index in [1.165, 1.54) is 0 Å². The van der Waals surface area contributed by atoms with E-state index in [1.807, 2.05) is 48.8 Å². The van der Waals surface area contributed by atoms with Gasteiger partial charge in [0.1, 0.15) is 11.0 Å². The second-order valence-electron chi connectivity index (χ2n) is 7.04. The van der Waals surface area contributed by atoms with Gasteiger partial charge in [-0.2, -0.15) is 10.2 Å². The maximum absolute atomic E-state index is 6.12. The maximum Gasteiger partial charge on any atom is 0.251 e.